The van der Waals surface area contributed by atoms with Crippen molar-refractivity contribution in [1.82, 2.24) is 10.2 Å². The van der Waals surface area contributed by atoms with Gasteiger partial charge in [-0.05, 0) is 75.2 Å². The van der Waals surface area contributed by atoms with E-state index in [2.05, 4.69) is 5.32 Å². The van der Waals surface area contributed by atoms with Gasteiger partial charge in [0.1, 0.15) is 24.2 Å². The predicted octanol–water partition coefficient (Wildman–Crippen LogP) is 6.02. The number of para-hydroxylation sites is 1. The second-order valence-corrected chi connectivity index (χ2v) is 13.7. The van der Waals surface area contributed by atoms with Gasteiger partial charge >= 0.3 is 0 Å². The molecule has 0 aliphatic carbocycles. The predicted molar refractivity (Wildman–Crippen MR) is 171 cm³/mol. The monoisotopic (exact) mass is 633 g/mol. The second-order valence-electron chi connectivity index (χ2n) is 11.9. The van der Waals surface area contributed by atoms with E-state index in [0.717, 1.165) is 21.5 Å². The van der Waals surface area contributed by atoms with Crippen molar-refractivity contribution in [2.75, 3.05) is 10.8 Å². The fraction of sp³-hybridized carbons (Fsp3) is 0.257. The van der Waals surface area contributed by atoms with Gasteiger partial charge in [-0.25, -0.2) is 17.2 Å². The Morgan fingerprint density at radius 1 is 0.800 bits per heavy atom. The SMILES string of the molecule is Cc1ccc(S(=O)(=O)N(CC(=O)N(Cc2ccc(F)cc2)[C@H](Cc2ccccc2)C(=O)NC(C)(C)C)c2ccccc2F)cc1. The van der Waals surface area contributed by atoms with Gasteiger partial charge in [0.05, 0.1) is 10.6 Å². The van der Waals surface area contributed by atoms with E-state index < -0.39 is 51.6 Å². The van der Waals surface area contributed by atoms with Crippen LogP contribution in [0.5, 0.6) is 0 Å². The summed E-state index contributed by atoms with van der Waals surface area (Å²) in [5, 5.41) is 2.94. The number of hydrogen-bond donors (Lipinski definition) is 1. The van der Waals surface area contributed by atoms with E-state index in [9.17, 15) is 22.4 Å². The van der Waals surface area contributed by atoms with E-state index in [4.69, 9.17) is 0 Å². The quantitative estimate of drug-likeness (QED) is 0.219. The van der Waals surface area contributed by atoms with Gasteiger partial charge in [0.25, 0.3) is 10.0 Å². The normalized spacial score (nSPS) is 12.3. The zero-order valence-electron chi connectivity index (χ0n) is 25.7. The molecule has 0 aliphatic rings. The Bertz CT molecular complexity index is 1720. The van der Waals surface area contributed by atoms with Gasteiger partial charge in [0.2, 0.25) is 11.8 Å². The molecule has 4 aromatic carbocycles. The topological polar surface area (TPSA) is 86.8 Å². The first-order valence-corrected chi connectivity index (χ1v) is 15.9. The molecule has 7 nitrogen and oxygen atoms in total. The van der Waals surface area contributed by atoms with Crippen molar-refractivity contribution in [2.45, 2.75) is 57.1 Å². The highest BCUT2D eigenvalue weighted by atomic mass is 32.2. The minimum atomic E-state index is -4.44. The lowest BCUT2D eigenvalue weighted by atomic mass is 10.0. The van der Waals surface area contributed by atoms with Crippen molar-refractivity contribution in [3.05, 3.63) is 131 Å². The van der Waals surface area contributed by atoms with Crippen LogP contribution >= 0.6 is 0 Å². The summed E-state index contributed by atoms with van der Waals surface area (Å²) < 4.78 is 57.8. The third kappa shape index (κ3) is 8.76. The van der Waals surface area contributed by atoms with Gasteiger partial charge in [0, 0.05) is 18.5 Å². The van der Waals surface area contributed by atoms with Gasteiger partial charge in [0.15, 0.2) is 0 Å². The molecule has 4 rings (SSSR count). The number of rotatable bonds is 11. The molecule has 10 heteroatoms. The number of anilines is 1. The molecule has 4 aromatic rings. The summed E-state index contributed by atoms with van der Waals surface area (Å²) in [6.07, 6.45) is 0.111. The van der Waals surface area contributed by atoms with Crippen LogP contribution in [0.3, 0.4) is 0 Å². The molecule has 0 saturated carbocycles. The number of amides is 2. The lowest BCUT2D eigenvalue weighted by molar-refractivity contribution is -0.140. The third-order valence-corrected chi connectivity index (χ3v) is 8.82. The van der Waals surface area contributed by atoms with Crippen LogP contribution in [-0.4, -0.2) is 43.3 Å². The molecule has 0 unspecified atom stereocenters. The Labute approximate surface area is 263 Å². The van der Waals surface area contributed by atoms with E-state index in [1.807, 2.05) is 51.1 Å². The fourth-order valence-corrected chi connectivity index (χ4v) is 6.22. The molecular weight excluding hydrogens is 596 g/mol. The standard InChI is InChI=1S/C35H37F2N3O4S/c1-25-14-20-29(21-15-25)45(43,44)40(31-13-9-8-12-30(31)37)24-33(41)39(23-27-16-18-28(36)19-17-27)32(34(42)38-35(2,3)4)22-26-10-6-5-7-11-26/h5-21,32H,22-24H2,1-4H3,(H,38,42)/t32-/m1/s1. The summed E-state index contributed by atoms with van der Waals surface area (Å²) >= 11 is 0. The largest absolute Gasteiger partial charge is 0.350 e. The number of aryl methyl sites for hydroxylation is 1. The first-order valence-electron chi connectivity index (χ1n) is 14.5. The number of sulfonamides is 1. The molecule has 2 amide bonds. The number of halogens is 2. The van der Waals surface area contributed by atoms with Crippen LogP contribution in [0, 0.1) is 18.6 Å². The highest BCUT2D eigenvalue weighted by molar-refractivity contribution is 7.92. The molecule has 236 valence electrons. The summed E-state index contributed by atoms with van der Waals surface area (Å²) in [5.74, 6) is -2.51. The van der Waals surface area contributed by atoms with E-state index in [0.29, 0.717) is 5.56 Å². The first kappa shape index (κ1) is 33.3. The maximum atomic E-state index is 15.2. The summed E-state index contributed by atoms with van der Waals surface area (Å²) in [6, 6.07) is 24.8. The lowest BCUT2D eigenvalue weighted by Gasteiger charge is -2.35. The lowest BCUT2D eigenvalue weighted by Crippen LogP contribution is -2.56. The highest BCUT2D eigenvalue weighted by Gasteiger charge is 2.36. The number of hydrogen-bond acceptors (Lipinski definition) is 4. The van der Waals surface area contributed by atoms with E-state index in [1.54, 1.807) is 19.1 Å². The van der Waals surface area contributed by atoms with Crippen molar-refractivity contribution < 1.29 is 26.8 Å². The van der Waals surface area contributed by atoms with E-state index >= 15 is 4.39 Å². The van der Waals surface area contributed by atoms with Crippen LogP contribution in [0.2, 0.25) is 0 Å². The van der Waals surface area contributed by atoms with Crippen LogP contribution in [0.15, 0.2) is 108 Å². The number of nitrogens with one attached hydrogen (secondary N) is 1. The number of benzene rings is 4. The number of carbonyl (C=O) groups is 2. The summed E-state index contributed by atoms with van der Waals surface area (Å²) in [6.45, 7) is 6.30. The molecule has 1 N–H and O–H groups in total. The van der Waals surface area contributed by atoms with Crippen molar-refractivity contribution in [2.24, 2.45) is 0 Å². The molecule has 0 heterocycles. The Morgan fingerprint density at radius 2 is 1.40 bits per heavy atom. The van der Waals surface area contributed by atoms with Gasteiger partial charge < -0.3 is 10.2 Å². The fourth-order valence-electron chi connectivity index (χ4n) is 4.80. The van der Waals surface area contributed by atoms with E-state index in [1.165, 1.54) is 59.5 Å². The number of nitrogens with zero attached hydrogens (tertiary/aromatic N) is 2. The second kappa shape index (κ2) is 14.0. The van der Waals surface area contributed by atoms with Gasteiger partial charge in [-0.1, -0.05) is 72.3 Å². The first-order chi connectivity index (χ1) is 21.2. The maximum Gasteiger partial charge on any atom is 0.264 e. The van der Waals surface area contributed by atoms with Gasteiger partial charge in [-0.3, -0.25) is 13.9 Å². The van der Waals surface area contributed by atoms with Gasteiger partial charge in [-0.15, -0.1) is 0 Å². The Hall–Kier alpha value is -4.57. The van der Waals surface area contributed by atoms with Crippen LogP contribution < -0.4 is 9.62 Å². The Morgan fingerprint density at radius 3 is 2.00 bits per heavy atom. The molecule has 1 atom stereocenters. The zero-order valence-corrected chi connectivity index (χ0v) is 26.5. The average molecular weight is 634 g/mol. The highest BCUT2D eigenvalue weighted by Crippen LogP contribution is 2.27. The summed E-state index contributed by atoms with van der Waals surface area (Å²) in [5.41, 5.74) is 1.14. The van der Waals surface area contributed by atoms with Crippen molar-refractivity contribution in [1.29, 1.82) is 0 Å². The Kier molecular flexibility index (Phi) is 10.4. The smallest absolute Gasteiger partial charge is 0.264 e. The molecule has 0 bridgehead atoms. The molecule has 0 radical (unpaired) electrons. The van der Waals surface area contributed by atoms with Gasteiger partial charge in [-0.2, -0.15) is 0 Å². The minimum absolute atomic E-state index is 0.111. The molecule has 0 spiro atoms. The molecule has 45 heavy (non-hydrogen) atoms. The average Bonchev–Trinajstić information content (AvgIpc) is 2.99. The number of carbonyl (C=O) groups excluding carboxylic acids is 2. The summed E-state index contributed by atoms with van der Waals surface area (Å²) in [7, 11) is -4.44. The zero-order chi connectivity index (χ0) is 32.8. The van der Waals surface area contributed by atoms with Crippen LogP contribution in [0.4, 0.5) is 14.5 Å². The molecule has 0 saturated heterocycles. The molecule has 0 fully saturated rings. The van der Waals surface area contributed by atoms with Crippen molar-refractivity contribution >= 4 is 27.5 Å². The van der Waals surface area contributed by atoms with Crippen LogP contribution in [0.25, 0.3) is 0 Å². The van der Waals surface area contributed by atoms with Crippen LogP contribution in [0.1, 0.15) is 37.5 Å². The molecule has 0 aromatic heterocycles. The third-order valence-electron chi connectivity index (χ3n) is 7.04. The van der Waals surface area contributed by atoms with Crippen molar-refractivity contribution in [3.8, 4) is 0 Å². The molecular formula is C35H37F2N3O4S. The minimum Gasteiger partial charge on any atom is -0.350 e. The Balaban J connectivity index is 1.82. The van der Waals surface area contributed by atoms with Crippen LogP contribution in [-0.2, 0) is 32.6 Å². The van der Waals surface area contributed by atoms with E-state index in [-0.39, 0.29) is 23.5 Å². The maximum absolute atomic E-state index is 15.2. The molecule has 0 aliphatic heterocycles. The summed E-state index contributed by atoms with van der Waals surface area (Å²) in [4.78, 5) is 29.4. The van der Waals surface area contributed by atoms with Crippen molar-refractivity contribution in [3.63, 3.8) is 0 Å².